The summed E-state index contributed by atoms with van der Waals surface area (Å²) in [5.41, 5.74) is 1.92. The number of aromatic nitrogens is 6. The summed E-state index contributed by atoms with van der Waals surface area (Å²) in [6, 6.07) is 1.86. The minimum atomic E-state index is -0.495. The first-order chi connectivity index (χ1) is 10.0. The maximum atomic E-state index is 11.8. The van der Waals surface area contributed by atoms with Crippen molar-refractivity contribution in [2.24, 2.45) is 7.05 Å². The number of imidazole rings is 1. The molecular formula is C13H14N6O2. The van der Waals surface area contributed by atoms with Crippen LogP contribution >= 0.6 is 0 Å². The predicted molar refractivity (Wildman–Crippen MR) is 77.1 cm³/mol. The summed E-state index contributed by atoms with van der Waals surface area (Å²) in [5.74, 6) is 0.506. The molecule has 0 fully saturated rings. The van der Waals surface area contributed by atoms with Crippen LogP contribution in [0.25, 0.3) is 22.6 Å². The molecule has 0 bridgehead atoms. The Morgan fingerprint density at radius 3 is 2.71 bits per heavy atom. The zero-order chi connectivity index (χ0) is 15.1. The van der Waals surface area contributed by atoms with E-state index in [2.05, 4.69) is 25.1 Å². The highest BCUT2D eigenvalue weighted by Gasteiger charge is 2.15. The Labute approximate surface area is 118 Å². The standard InChI is InChI=1S/C13H14N6O2/c1-4-8-7(5-6(2)17-18-8)10-14-9-11(15-10)19(3)13(21)16-12(9)20/h5H,4H2,1-3H3,(H,14,15)(H,16,20,21). The lowest BCUT2D eigenvalue weighted by Crippen LogP contribution is -2.28. The molecule has 108 valence electrons. The second kappa shape index (κ2) is 4.65. The fourth-order valence-corrected chi connectivity index (χ4v) is 2.21. The molecule has 0 saturated carbocycles. The zero-order valence-electron chi connectivity index (χ0n) is 11.9. The third-order valence-corrected chi connectivity index (χ3v) is 3.34. The van der Waals surface area contributed by atoms with Crippen LogP contribution in [0.5, 0.6) is 0 Å². The zero-order valence-corrected chi connectivity index (χ0v) is 11.9. The first-order valence-electron chi connectivity index (χ1n) is 6.54. The van der Waals surface area contributed by atoms with Crippen molar-refractivity contribution in [1.82, 2.24) is 29.7 Å². The molecule has 21 heavy (non-hydrogen) atoms. The Hall–Kier alpha value is -2.77. The molecule has 8 nitrogen and oxygen atoms in total. The Balaban J connectivity index is 2.35. The van der Waals surface area contributed by atoms with Gasteiger partial charge < -0.3 is 4.98 Å². The molecule has 2 N–H and O–H groups in total. The van der Waals surface area contributed by atoms with Gasteiger partial charge in [-0.25, -0.2) is 9.78 Å². The third kappa shape index (κ3) is 2.04. The summed E-state index contributed by atoms with van der Waals surface area (Å²) in [5, 5.41) is 8.17. The van der Waals surface area contributed by atoms with Crippen molar-refractivity contribution in [2.75, 3.05) is 0 Å². The summed E-state index contributed by atoms with van der Waals surface area (Å²) in [4.78, 5) is 33.0. The summed E-state index contributed by atoms with van der Waals surface area (Å²) >= 11 is 0. The van der Waals surface area contributed by atoms with E-state index in [1.807, 2.05) is 19.9 Å². The second-order valence-electron chi connectivity index (χ2n) is 4.80. The molecule has 0 aliphatic rings. The quantitative estimate of drug-likeness (QED) is 0.703. The molecule has 0 aliphatic carbocycles. The average molecular weight is 286 g/mol. The normalized spacial score (nSPS) is 11.2. The molecule has 0 saturated heterocycles. The van der Waals surface area contributed by atoms with Gasteiger partial charge in [0.15, 0.2) is 5.65 Å². The number of hydrogen-bond donors (Lipinski definition) is 2. The molecule has 0 aromatic carbocycles. The molecule has 0 atom stereocenters. The Bertz CT molecular complexity index is 949. The minimum Gasteiger partial charge on any atom is -0.332 e. The Morgan fingerprint density at radius 2 is 2.00 bits per heavy atom. The maximum absolute atomic E-state index is 11.8. The molecule has 8 heteroatoms. The van der Waals surface area contributed by atoms with E-state index >= 15 is 0 Å². The van der Waals surface area contributed by atoms with E-state index in [4.69, 9.17) is 0 Å². The first-order valence-corrected chi connectivity index (χ1v) is 6.54. The van der Waals surface area contributed by atoms with Crippen molar-refractivity contribution < 1.29 is 0 Å². The van der Waals surface area contributed by atoms with Crippen LogP contribution in [0.2, 0.25) is 0 Å². The highest BCUT2D eigenvalue weighted by Crippen LogP contribution is 2.21. The van der Waals surface area contributed by atoms with Crippen molar-refractivity contribution in [1.29, 1.82) is 0 Å². The van der Waals surface area contributed by atoms with E-state index < -0.39 is 11.2 Å². The van der Waals surface area contributed by atoms with E-state index in [9.17, 15) is 9.59 Å². The summed E-state index contributed by atoms with van der Waals surface area (Å²) < 4.78 is 1.30. The topological polar surface area (TPSA) is 109 Å². The molecule has 3 heterocycles. The summed E-state index contributed by atoms with van der Waals surface area (Å²) in [6.07, 6.45) is 0.689. The van der Waals surface area contributed by atoms with Gasteiger partial charge in [0, 0.05) is 12.6 Å². The lowest BCUT2D eigenvalue weighted by molar-refractivity contribution is 0.832. The van der Waals surface area contributed by atoms with Crippen LogP contribution in [0.15, 0.2) is 15.7 Å². The van der Waals surface area contributed by atoms with Crippen molar-refractivity contribution in [3.63, 3.8) is 0 Å². The van der Waals surface area contributed by atoms with Crippen LogP contribution in [0, 0.1) is 6.92 Å². The van der Waals surface area contributed by atoms with E-state index in [1.165, 1.54) is 4.57 Å². The number of fused-ring (bicyclic) bond motifs is 1. The van der Waals surface area contributed by atoms with Gasteiger partial charge in [0.2, 0.25) is 0 Å². The van der Waals surface area contributed by atoms with Gasteiger partial charge in [-0.2, -0.15) is 10.2 Å². The first kappa shape index (κ1) is 13.2. The molecule has 3 aromatic rings. The SMILES string of the molecule is CCc1nnc(C)cc1-c1nc2c([nH]1)c(=O)[nH]c(=O)n2C. The number of rotatable bonds is 2. The lowest BCUT2D eigenvalue weighted by atomic mass is 10.1. The largest absolute Gasteiger partial charge is 0.332 e. The highest BCUT2D eigenvalue weighted by molar-refractivity contribution is 5.75. The average Bonchev–Trinajstić information content (AvgIpc) is 2.90. The second-order valence-corrected chi connectivity index (χ2v) is 4.80. The highest BCUT2D eigenvalue weighted by atomic mass is 16.2. The lowest BCUT2D eigenvalue weighted by Gasteiger charge is -2.03. The van der Waals surface area contributed by atoms with Crippen LogP contribution < -0.4 is 11.2 Å². The molecular weight excluding hydrogens is 272 g/mol. The maximum Gasteiger partial charge on any atom is 0.329 e. The van der Waals surface area contributed by atoms with Gasteiger partial charge in [-0.15, -0.1) is 0 Å². The fraction of sp³-hybridized carbons (Fsp3) is 0.308. The van der Waals surface area contributed by atoms with Crippen molar-refractivity contribution in [3.8, 4) is 11.4 Å². The Kier molecular flexibility index (Phi) is 2.93. The summed E-state index contributed by atoms with van der Waals surface area (Å²) in [7, 11) is 1.56. The van der Waals surface area contributed by atoms with Crippen molar-refractivity contribution >= 4 is 11.2 Å². The van der Waals surface area contributed by atoms with Gasteiger partial charge in [0.25, 0.3) is 5.56 Å². The molecule has 0 spiro atoms. The fourth-order valence-electron chi connectivity index (χ4n) is 2.21. The van der Waals surface area contributed by atoms with Crippen LogP contribution in [0.4, 0.5) is 0 Å². The number of hydrogen-bond acceptors (Lipinski definition) is 5. The molecule has 0 amide bonds. The van der Waals surface area contributed by atoms with Gasteiger partial charge in [-0.3, -0.25) is 14.3 Å². The van der Waals surface area contributed by atoms with E-state index in [-0.39, 0.29) is 5.52 Å². The number of aromatic amines is 2. The monoisotopic (exact) mass is 286 g/mol. The minimum absolute atomic E-state index is 0.267. The van der Waals surface area contributed by atoms with Gasteiger partial charge in [0.1, 0.15) is 11.3 Å². The molecule has 3 rings (SSSR count). The summed E-state index contributed by atoms with van der Waals surface area (Å²) in [6.45, 7) is 3.80. The molecule has 3 aromatic heterocycles. The number of nitrogens with zero attached hydrogens (tertiary/aromatic N) is 4. The number of H-pyrrole nitrogens is 2. The molecule has 0 aliphatic heterocycles. The van der Waals surface area contributed by atoms with Gasteiger partial charge in [0.05, 0.1) is 11.4 Å². The van der Waals surface area contributed by atoms with Gasteiger partial charge in [-0.1, -0.05) is 6.92 Å². The third-order valence-electron chi connectivity index (χ3n) is 3.34. The smallest absolute Gasteiger partial charge is 0.329 e. The van der Waals surface area contributed by atoms with Crippen LogP contribution in [-0.4, -0.2) is 29.7 Å². The van der Waals surface area contributed by atoms with Crippen LogP contribution in [-0.2, 0) is 13.5 Å². The van der Waals surface area contributed by atoms with Crippen molar-refractivity contribution in [2.45, 2.75) is 20.3 Å². The molecule has 0 unspecified atom stereocenters. The van der Waals surface area contributed by atoms with E-state index in [0.717, 1.165) is 17.0 Å². The van der Waals surface area contributed by atoms with Crippen LogP contribution in [0.1, 0.15) is 18.3 Å². The number of aryl methyl sites for hydroxylation is 3. The number of nitrogens with one attached hydrogen (secondary N) is 2. The molecule has 0 radical (unpaired) electrons. The van der Waals surface area contributed by atoms with E-state index in [1.54, 1.807) is 7.05 Å². The predicted octanol–water partition coefficient (Wildman–Crippen LogP) is 0.278. The van der Waals surface area contributed by atoms with Gasteiger partial charge in [-0.05, 0) is 19.4 Å². The van der Waals surface area contributed by atoms with Crippen molar-refractivity contribution in [3.05, 3.63) is 38.3 Å². The van der Waals surface area contributed by atoms with E-state index in [0.29, 0.717) is 17.9 Å². The van der Waals surface area contributed by atoms with Gasteiger partial charge >= 0.3 is 5.69 Å². The Morgan fingerprint density at radius 1 is 1.24 bits per heavy atom. The van der Waals surface area contributed by atoms with Crippen LogP contribution in [0.3, 0.4) is 0 Å².